The van der Waals surface area contributed by atoms with E-state index < -0.39 is 5.82 Å². The lowest BCUT2D eigenvalue weighted by Crippen LogP contribution is -2.38. The maximum absolute atomic E-state index is 13.8. The van der Waals surface area contributed by atoms with E-state index in [0.29, 0.717) is 6.61 Å². The minimum Gasteiger partial charge on any atom is -0.474 e. The molecule has 0 amide bonds. The fraction of sp³-hybridized carbons (Fsp3) is 0.333. The highest BCUT2D eigenvalue weighted by atomic mass is 19.1. The molecular formula is C18H19FN4O2. The summed E-state index contributed by atoms with van der Waals surface area (Å²) in [6, 6.07) is 7.02. The van der Waals surface area contributed by atoms with Crippen LogP contribution in [0.2, 0.25) is 0 Å². The third-order valence-corrected chi connectivity index (χ3v) is 4.46. The lowest BCUT2D eigenvalue weighted by Gasteiger charge is -2.28. The summed E-state index contributed by atoms with van der Waals surface area (Å²) in [7, 11) is 0. The van der Waals surface area contributed by atoms with E-state index in [1.54, 1.807) is 18.6 Å². The first-order valence-corrected chi connectivity index (χ1v) is 8.29. The van der Waals surface area contributed by atoms with Crippen LogP contribution in [0.4, 0.5) is 4.39 Å². The zero-order valence-corrected chi connectivity index (χ0v) is 13.7. The highest BCUT2D eigenvalue weighted by Gasteiger charge is 2.25. The van der Waals surface area contributed by atoms with Gasteiger partial charge in [0, 0.05) is 43.6 Å². The van der Waals surface area contributed by atoms with Gasteiger partial charge in [0.2, 0.25) is 5.88 Å². The first-order valence-electron chi connectivity index (χ1n) is 8.29. The summed E-state index contributed by atoms with van der Waals surface area (Å²) in [6.45, 7) is 2.67. The molecule has 4 heterocycles. The van der Waals surface area contributed by atoms with Gasteiger partial charge in [-0.15, -0.1) is 0 Å². The highest BCUT2D eigenvalue weighted by molar-refractivity contribution is 5.13. The van der Waals surface area contributed by atoms with E-state index in [1.807, 2.05) is 23.0 Å². The van der Waals surface area contributed by atoms with Gasteiger partial charge in [0.15, 0.2) is 5.82 Å². The topological polar surface area (TPSA) is 56.3 Å². The van der Waals surface area contributed by atoms with Gasteiger partial charge in [-0.2, -0.15) is 5.10 Å². The summed E-state index contributed by atoms with van der Waals surface area (Å²) in [5.74, 6) is -0.391. The fourth-order valence-corrected chi connectivity index (χ4v) is 3.13. The van der Waals surface area contributed by atoms with E-state index in [9.17, 15) is 4.39 Å². The summed E-state index contributed by atoms with van der Waals surface area (Å²) >= 11 is 0. The first kappa shape index (κ1) is 15.8. The smallest absolute Gasteiger partial charge is 0.250 e. The van der Waals surface area contributed by atoms with Gasteiger partial charge in [-0.05, 0) is 30.7 Å². The second kappa shape index (κ2) is 7.06. The van der Waals surface area contributed by atoms with Crippen LogP contribution in [-0.4, -0.2) is 32.3 Å². The van der Waals surface area contributed by atoms with Crippen LogP contribution < -0.4 is 4.74 Å². The molecule has 0 bridgehead atoms. The summed E-state index contributed by atoms with van der Waals surface area (Å²) in [5, 5.41) is 4.37. The molecule has 4 rings (SSSR count). The lowest BCUT2D eigenvalue weighted by molar-refractivity contribution is 0.113. The zero-order chi connectivity index (χ0) is 17.1. The molecule has 1 aliphatic heterocycles. The number of fused-ring (bicyclic) bond motifs is 1. The van der Waals surface area contributed by atoms with Crippen molar-refractivity contribution in [1.82, 2.24) is 19.7 Å². The Kier molecular flexibility index (Phi) is 4.47. The van der Waals surface area contributed by atoms with Crippen molar-refractivity contribution in [2.45, 2.75) is 32.1 Å². The second-order valence-corrected chi connectivity index (χ2v) is 6.13. The number of hydrogen-bond donors (Lipinski definition) is 0. The van der Waals surface area contributed by atoms with E-state index in [-0.39, 0.29) is 11.9 Å². The van der Waals surface area contributed by atoms with Crippen molar-refractivity contribution < 1.29 is 13.5 Å². The highest BCUT2D eigenvalue weighted by Crippen LogP contribution is 2.21. The normalized spacial score (nSPS) is 17.9. The minimum absolute atomic E-state index is 0.0488. The molecule has 0 radical (unpaired) electrons. The van der Waals surface area contributed by atoms with Crippen LogP contribution in [0, 0.1) is 5.82 Å². The summed E-state index contributed by atoms with van der Waals surface area (Å²) in [4.78, 5) is 6.28. The van der Waals surface area contributed by atoms with Gasteiger partial charge < -0.3 is 9.15 Å². The van der Waals surface area contributed by atoms with Crippen LogP contribution in [0.3, 0.4) is 0 Å². The maximum atomic E-state index is 13.8. The fourth-order valence-electron chi connectivity index (χ4n) is 3.13. The Morgan fingerprint density at radius 3 is 3.08 bits per heavy atom. The van der Waals surface area contributed by atoms with Crippen molar-refractivity contribution in [3.63, 3.8) is 0 Å². The number of rotatable bonds is 5. The molecule has 0 N–H and O–H groups in total. The van der Waals surface area contributed by atoms with Crippen molar-refractivity contribution in [2.24, 2.45) is 0 Å². The second-order valence-electron chi connectivity index (χ2n) is 6.13. The van der Waals surface area contributed by atoms with Crippen LogP contribution >= 0.6 is 0 Å². The van der Waals surface area contributed by atoms with Crippen molar-refractivity contribution in [1.29, 1.82) is 0 Å². The van der Waals surface area contributed by atoms with E-state index in [2.05, 4.69) is 15.0 Å². The Morgan fingerprint density at radius 2 is 2.24 bits per heavy atom. The number of pyridine rings is 1. The van der Waals surface area contributed by atoms with Gasteiger partial charge in [-0.25, -0.2) is 9.37 Å². The summed E-state index contributed by atoms with van der Waals surface area (Å²) < 4.78 is 26.6. The Labute approximate surface area is 144 Å². The van der Waals surface area contributed by atoms with Crippen LogP contribution in [0.25, 0.3) is 0 Å². The van der Waals surface area contributed by atoms with E-state index >= 15 is 0 Å². The SMILES string of the molecule is Fc1cccnc1OCC1CCn2nccc2CN1Cc1ccoc1. The molecule has 25 heavy (non-hydrogen) atoms. The number of halogens is 1. The minimum atomic E-state index is -0.439. The largest absolute Gasteiger partial charge is 0.474 e. The third-order valence-electron chi connectivity index (χ3n) is 4.46. The van der Waals surface area contributed by atoms with Crippen LogP contribution in [0.5, 0.6) is 5.88 Å². The molecule has 3 aromatic rings. The van der Waals surface area contributed by atoms with E-state index in [1.165, 1.54) is 12.3 Å². The molecule has 1 aliphatic rings. The summed E-state index contributed by atoms with van der Waals surface area (Å²) in [5.41, 5.74) is 2.26. The monoisotopic (exact) mass is 342 g/mol. The van der Waals surface area contributed by atoms with Crippen LogP contribution in [-0.2, 0) is 19.6 Å². The Bertz CT molecular complexity index is 818. The average Bonchev–Trinajstić information content (AvgIpc) is 3.25. The number of nitrogens with zero attached hydrogens (tertiary/aromatic N) is 4. The van der Waals surface area contributed by atoms with Crippen molar-refractivity contribution in [3.8, 4) is 5.88 Å². The standard InChI is InChI=1S/C18H19FN4O2/c19-17-2-1-6-20-18(17)25-13-16-4-8-23-15(3-7-21-23)11-22(16)10-14-5-9-24-12-14/h1-3,5-7,9,12,16H,4,8,10-11,13H2. The van der Waals surface area contributed by atoms with Crippen LogP contribution in [0.1, 0.15) is 17.7 Å². The van der Waals surface area contributed by atoms with Gasteiger partial charge in [0.25, 0.3) is 0 Å². The Balaban J connectivity index is 1.51. The first-order chi connectivity index (χ1) is 12.3. The van der Waals surface area contributed by atoms with Crippen molar-refractivity contribution >= 4 is 0 Å². The van der Waals surface area contributed by atoms with Gasteiger partial charge in [0.1, 0.15) is 6.61 Å². The van der Waals surface area contributed by atoms with Crippen LogP contribution in [0.15, 0.2) is 53.6 Å². The van der Waals surface area contributed by atoms with E-state index in [0.717, 1.165) is 37.3 Å². The molecule has 0 aliphatic carbocycles. The third kappa shape index (κ3) is 3.56. The van der Waals surface area contributed by atoms with E-state index in [4.69, 9.17) is 9.15 Å². The lowest BCUT2D eigenvalue weighted by atomic mass is 10.1. The van der Waals surface area contributed by atoms with Gasteiger partial charge >= 0.3 is 0 Å². The molecule has 1 unspecified atom stereocenters. The zero-order valence-electron chi connectivity index (χ0n) is 13.7. The molecule has 0 saturated heterocycles. The molecule has 0 fully saturated rings. The quantitative estimate of drug-likeness (QED) is 0.714. The predicted molar refractivity (Wildman–Crippen MR) is 88.3 cm³/mol. The molecule has 7 heteroatoms. The molecule has 0 aromatic carbocycles. The average molecular weight is 342 g/mol. The summed E-state index contributed by atoms with van der Waals surface area (Å²) in [6.07, 6.45) is 7.64. The predicted octanol–water partition coefficient (Wildman–Crippen LogP) is 2.86. The number of furan rings is 1. The molecule has 1 atom stereocenters. The maximum Gasteiger partial charge on any atom is 0.250 e. The molecule has 6 nitrogen and oxygen atoms in total. The molecule has 130 valence electrons. The molecular weight excluding hydrogens is 323 g/mol. The Morgan fingerprint density at radius 1 is 1.28 bits per heavy atom. The Hall–Kier alpha value is -2.67. The van der Waals surface area contributed by atoms with Gasteiger partial charge in [-0.3, -0.25) is 9.58 Å². The van der Waals surface area contributed by atoms with Gasteiger partial charge in [-0.1, -0.05) is 0 Å². The molecule has 0 spiro atoms. The van der Waals surface area contributed by atoms with Crippen molar-refractivity contribution in [3.05, 3.63) is 66.3 Å². The number of hydrogen-bond acceptors (Lipinski definition) is 5. The van der Waals surface area contributed by atoms with Crippen molar-refractivity contribution in [2.75, 3.05) is 6.61 Å². The number of aromatic nitrogens is 3. The molecule has 0 saturated carbocycles. The molecule has 3 aromatic heterocycles. The number of ether oxygens (including phenoxy) is 1. The number of aryl methyl sites for hydroxylation is 1. The van der Waals surface area contributed by atoms with Gasteiger partial charge in [0.05, 0.1) is 18.2 Å².